The second kappa shape index (κ2) is 5.77. The van der Waals surface area contributed by atoms with E-state index >= 15 is 0 Å². The molecule has 0 spiro atoms. The lowest BCUT2D eigenvalue weighted by Gasteiger charge is -2.15. The minimum atomic E-state index is -0.384. The fourth-order valence-corrected chi connectivity index (χ4v) is 0.858. The molecule has 0 aromatic heterocycles. The summed E-state index contributed by atoms with van der Waals surface area (Å²) >= 11 is 0. The van der Waals surface area contributed by atoms with Gasteiger partial charge in [0.1, 0.15) is 6.10 Å². The molecule has 0 aromatic carbocycles. The fraction of sp³-hybridized carbons (Fsp3) is 0.667. The Morgan fingerprint density at radius 2 is 2.08 bits per heavy atom. The van der Waals surface area contributed by atoms with Crippen molar-refractivity contribution in [1.82, 2.24) is 0 Å². The third kappa shape index (κ3) is 4.91. The van der Waals surface area contributed by atoms with E-state index in [1.54, 1.807) is 7.11 Å². The maximum Gasteiger partial charge on any atom is 0.330 e. The van der Waals surface area contributed by atoms with Crippen molar-refractivity contribution in [3.8, 4) is 0 Å². The molecule has 0 saturated heterocycles. The molecule has 0 radical (unpaired) electrons. The van der Waals surface area contributed by atoms with E-state index in [1.165, 1.54) is 0 Å². The van der Waals surface area contributed by atoms with Crippen LogP contribution in [0.15, 0.2) is 12.7 Å². The quantitative estimate of drug-likeness (QED) is 0.466. The molecule has 70 valence electrons. The van der Waals surface area contributed by atoms with E-state index in [4.69, 9.17) is 9.47 Å². The lowest BCUT2D eigenvalue weighted by atomic mass is 10.2. The molecule has 0 bridgehead atoms. The number of esters is 1. The molecule has 3 nitrogen and oxygen atoms in total. The lowest BCUT2D eigenvalue weighted by Crippen LogP contribution is -2.19. The van der Waals surface area contributed by atoms with Crippen LogP contribution in [0.3, 0.4) is 0 Å². The van der Waals surface area contributed by atoms with Crippen molar-refractivity contribution in [2.75, 3.05) is 7.11 Å². The van der Waals surface area contributed by atoms with E-state index < -0.39 is 0 Å². The van der Waals surface area contributed by atoms with Crippen LogP contribution in [0.4, 0.5) is 0 Å². The molecule has 0 aliphatic heterocycles. The smallest absolute Gasteiger partial charge is 0.330 e. The number of ether oxygens (including phenoxy) is 2. The van der Waals surface area contributed by atoms with Crippen LogP contribution in [0.1, 0.15) is 20.3 Å². The summed E-state index contributed by atoms with van der Waals surface area (Å²) < 4.78 is 9.95. The summed E-state index contributed by atoms with van der Waals surface area (Å²) in [5.74, 6) is -0.384. The number of rotatable bonds is 5. The lowest BCUT2D eigenvalue weighted by molar-refractivity contribution is -0.143. The van der Waals surface area contributed by atoms with Crippen LogP contribution in [-0.2, 0) is 14.3 Å². The van der Waals surface area contributed by atoms with Gasteiger partial charge >= 0.3 is 5.97 Å². The molecule has 0 aliphatic rings. The van der Waals surface area contributed by atoms with Gasteiger partial charge in [0.05, 0.1) is 6.10 Å². The van der Waals surface area contributed by atoms with Crippen molar-refractivity contribution in [3.63, 3.8) is 0 Å². The zero-order chi connectivity index (χ0) is 9.56. The summed E-state index contributed by atoms with van der Waals surface area (Å²) in [7, 11) is 1.63. The Bertz CT molecular complexity index is 154. The minimum Gasteiger partial charge on any atom is -0.459 e. The maximum absolute atomic E-state index is 10.7. The van der Waals surface area contributed by atoms with Crippen molar-refractivity contribution >= 4 is 5.97 Å². The van der Waals surface area contributed by atoms with Gasteiger partial charge in [-0.1, -0.05) is 6.58 Å². The predicted molar refractivity (Wildman–Crippen MR) is 46.8 cm³/mol. The average molecular weight is 172 g/mol. The zero-order valence-corrected chi connectivity index (χ0v) is 7.87. The molecule has 2 atom stereocenters. The van der Waals surface area contributed by atoms with Crippen LogP contribution in [0, 0.1) is 0 Å². The molecular formula is C9H16O3. The van der Waals surface area contributed by atoms with Gasteiger partial charge in [-0.05, 0) is 13.8 Å². The standard InChI is InChI=1S/C9H16O3/c1-5-9(10)12-8(3)6-7(2)11-4/h5,7-8H,1,6H2,2-4H3. The van der Waals surface area contributed by atoms with Crippen LogP contribution in [-0.4, -0.2) is 25.3 Å². The number of carbonyl (C=O) groups excluding carboxylic acids is 1. The van der Waals surface area contributed by atoms with Crippen molar-refractivity contribution in [2.45, 2.75) is 32.5 Å². The third-order valence-electron chi connectivity index (χ3n) is 1.55. The zero-order valence-electron chi connectivity index (χ0n) is 7.87. The summed E-state index contributed by atoms with van der Waals surface area (Å²) in [4.78, 5) is 10.7. The highest BCUT2D eigenvalue weighted by Gasteiger charge is 2.10. The predicted octanol–water partition coefficient (Wildman–Crippen LogP) is 1.53. The summed E-state index contributed by atoms with van der Waals surface area (Å²) in [6.45, 7) is 7.07. The van der Waals surface area contributed by atoms with Gasteiger partial charge in [0, 0.05) is 19.6 Å². The van der Waals surface area contributed by atoms with Gasteiger partial charge in [-0.15, -0.1) is 0 Å². The molecule has 2 unspecified atom stereocenters. The van der Waals surface area contributed by atoms with Gasteiger partial charge in [0.25, 0.3) is 0 Å². The second-order valence-corrected chi connectivity index (χ2v) is 2.73. The summed E-state index contributed by atoms with van der Waals surface area (Å²) in [5, 5.41) is 0. The summed E-state index contributed by atoms with van der Waals surface area (Å²) in [6, 6.07) is 0. The first kappa shape index (κ1) is 11.2. The highest BCUT2D eigenvalue weighted by molar-refractivity contribution is 5.81. The molecule has 0 heterocycles. The normalized spacial score (nSPS) is 14.9. The Balaban J connectivity index is 3.65. The minimum absolute atomic E-state index is 0.109. The Kier molecular flexibility index (Phi) is 5.37. The van der Waals surface area contributed by atoms with E-state index in [2.05, 4.69) is 6.58 Å². The monoisotopic (exact) mass is 172 g/mol. The van der Waals surface area contributed by atoms with Gasteiger partial charge in [0.15, 0.2) is 0 Å². The molecule has 0 amide bonds. The summed E-state index contributed by atoms with van der Waals surface area (Å²) in [6.07, 6.45) is 1.85. The van der Waals surface area contributed by atoms with E-state index in [9.17, 15) is 4.79 Å². The number of hydrogen-bond acceptors (Lipinski definition) is 3. The Morgan fingerprint density at radius 1 is 1.50 bits per heavy atom. The average Bonchev–Trinajstić information content (AvgIpc) is 2.03. The molecule has 0 aromatic rings. The first-order chi connectivity index (χ1) is 5.60. The van der Waals surface area contributed by atoms with Crippen molar-refractivity contribution in [3.05, 3.63) is 12.7 Å². The van der Waals surface area contributed by atoms with E-state index in [1.807, 2.05) is 13.8 Å². The fourth-order valence-electron chi connectivity index (χ4n) is 0.858. The second-order valence-electron chi connectivity index (χ2n) is 2.73. The van der Waals surface area contributed by atoms with Crippen LogP contribution in [0.5, 0.6) is 0 Å². The number of carbonyl (C=O) groups is 1. The van der Waals surface area contributed by atoms with E-state index in [0.29, 0.717) is 6.42 Å². The first-order valence-corrected chi connectivity index (χ1v) is 3.96. The largest absolute Gasteiger partial charge is 0.459 e. The van der Waals surface area contributed by atoms with Crippen LogP contribution in [0.25, 0.3) is 0 Å². The van der Waals surface area contributed by atoms with Crippen molar-refractivity contribution in [1.29, 1.82) is 0 Å². The maximum atomic E-state index is 10.7. The Hall–Kier alpha value is -0.830. The number of hydrogen-bond donors (Lipinski definition) is 0. The molecule has 0 fully saturated rings. The van der Waals surface area contributed by atoms with Crippen LogP contribution in [0.2, 0.25) is 0 Å². The van der Waals surface area contributed by atoms with E-state index in [0.717, 1.165) is 6.08 Å². The van der Waals surface area contributed by atoms with Crippen LogP contribution >= 0.6 is 0 Å². The highest BCUT2D eigenvalue weighted by atomic mass is 16.5. The molecule has 12 heavy (non-hydrogen) atoms. The van der Waals surface area contributed by atoms with Gasteiger partial charge in [-0.2, -0.15) is 0 Å². The molecular weight excluding hydrogens is 156 g/mol. The highest BCUT2D eigenvalue weighted by Crippen LogP contribution is 2.04. The molecule has 0 saturated carbocycles. The van der Waals surface area contributed by atoms with Crippen molar-refractivity contribution < 1.29 is 14.3 Å². The summed E-state index contributed by atoms with van der Waals surface area (Å²) in [5.41, 5.74) is 0. The van der Waals surface area contributed by atoms with Gasteiger partial charge in [0.2, 0.25) is 0 Å². The molecule has 3 heteroatoms. The molecule has 0 N–H and O–H groups in total. The number of methoxy groups -OCH3 is 1. The van der Waals surface area contributed by atoms with E-state index in [-0.39, 0.29) is 18.2 Å². The topological polar surface area (TPSA) is 35.5 Å². The molecule has 0 rings (SSSR count). The van der Waals surface area contributed by atoms with Crippen molar-refractivity contribution in [2.24, 2.45) is 0 Å². The van der Waals surface area contributed by atoms with Gasteiger partial charge in [-0.3, -0.25) is 0 Å². The first-order valence-electron chi connectivity index (χ1n) is 3.96. The van der Waals surface area contributed by atoms with Crippen LogP contribution < -0.4 is 0 Å². The molecule has 0 aliphatic carbocycles. The third-order valence-corrected chi connectivity index (χ3v) is 1.55. The van der Waals surface area contributed by atoms with Gasteiger partial charge < -0.3 is 9.47 Å². The Labute approximate surface area is 73.4 Å². The van der Waals surface area contributed by atoms with Gasteiger partial charge in [-0.25, -0.2) is 4.79 Å². The Morgan fingerprint density at radius 3 is 2.50 bits per heavy atom. The SMILES string of the molecule is C=CC(=O)OC(C)CC(C)OC.